The van der Waals surface area contributed by atoms with Crippen LogP contribution in [0, 0.1) is 25.6 Å². The number of benzene rings is 2. The number of nitrogens with zero attached hydrogens (tertiary/aromatic N) is 1. The van der Waals surface area contributed by atoms with Crippen molar-refractivity contribution in [2.45, 2.75) is 20.3 Å². The van der Waals surface area contributed by atoms with Gasteiger partial charge in [-0.2, -0.15) is 0 Å². The first-order valence-electron chi connectivity index (χ1n) is 7.88. The van der Waals surface area contributed by atoms with E-state index in [1.165, 1.54) is 12.1 Å². The molecule has 1 aliphatic heterocycles. The molecular formula is C19H19FN2O2. The molecule has 5 heteroatoms. The molecule has 4 nitrogen and oxygen atoms in total. The lowest BCUT2D eigenvalue weighted by molar-refractivity contribution is -0.122. The maximum Gasteiger partial charge on any atom is 0.229 e. The number of halogens is 1. The van der Waals surface area contributed by atoms with Crippen LogP contribution in [-0.4, -0.2) is 18.4 Å². The first kappa shape index (κ1) is 16.2. The summed E-state index contributed by atoms with van der Waals surface area (Å²) < 4.78 is 13.7. The number of aryl methyl sites for hydroxylation is 2. The molecule has 0 aliphatic carbocycles. The van der Waals surface area contributed by atoms with Crippen molar-refractivity contribution in [1.29, 1.82) is 0 Å². The molecule has 1 fully saturated rings. The van der Waals surface area contributed by atoms with Crippen molar-refractivity contribution in [3.63, 3.8) is 0 Å². The zero-order valence-corrected chi connectivity index (χ0v) is 13.7. The molecular weight excluding hydrogens is 307 g/mol. The van der Waals surface area contributed by atoms with E-state index in [1.54, 1.807) is 17.0 Å². The van der Waals surface area contributed by atoms with Gasteiger partial charge < -0.3 is 10.2 Å². The summed E-state index contributed by atoms with van der Waals surface area (Å²) >= 11 is 0. The molecule has 2 aromatic carbocycles. The smallest absolute Gasteiger partial charge is 0.229 e. The highest BCUT2D eigenvalue weighted by Gasteiger charge is 2.35. The Morgan fingerprint density at radius 2 is 1.96 bits per heavy atom. The van der Waals surface area contributed by atoms with Gasteiger partial charge in [0.2, 0.25) is 11.8 Å². The zero-order valence-electron chi connectivity index (χ0n) is 13.7. The SMILES string of the molecule is Cc1ccc(N2CC(C(=O)Nc3ccccc3F)CC2=O)c(C)c1. The van der Waals surface area contributed by atoms with Crippen molar-refractivity contribution in [3.05, 3.63) is 59.4 Å². The lowest BCUT2D eigenvalue weighted by atomic mass is 10.1. The largest absolute Gasteiger partial charge is 0.323 e. The molecule has 2 aromatic rings. The van der Waals surface area contributed by atoms with Crippen molar-refractivity contribution >= 4 is 23.2 Å². The van der Waals surface area contributed by atoms with Crippen LogP contribution in [0.3, 0.4) is 0 Å². The molecule has 124 valence electrons. The highest BCUT2D eigenvalue weighted by atomic mass is 19.1. The number of rotatable bonds is 3. The monoisotopic (exact) mass is 326 g/mol. The standard InChI is InChI=1S/C19H19FN2O2/c1-12-7-8-17(13(2)9-12)22-11-14(10-18(22)23)19(24)21-16-6-4-3-5-15(16)20/h3-9,14H,10-11H2,1-2H3,(H,21,24). The zero-order chi connectivity index (χ0) is 17.3. The van der Waals surface area contributed by atoms with Gasteiger partial charge in [-0.3, -0.25) is 9.59 Å². The molecule has 24 heavy (non-hydrogen) atoms. The fourth-order valence-electron chi connectivity index (χ4n) is 3.02. The molecule has 0 saturated carbocycles. The Balaban J connectivity index is 1.74. The molecule has 0 aromatic heterocycles. The van der Waals surface area contributed by atoms with E-state index in [0.29, 0.717) is 6.54 Å². The molecule has 1 N–H and O–H groups in total. The van der Waals surface area contributed by atoms with E-state index in [-0.39, 0.29) is 23.9 Å². The number of para-hydroxylation sites is 1. The third-order valence-electron chi connectivity index (χ3n) is 4.27. The lowest BCUT2D eigenvalue weighted by Gasteiger charge is -2.19. The molecule has 2 amide bonds. The molecule has 1 saturated heterocycles. The van der Waals surface area contributed by atoms with E-state index in [0.717, 1.165) is 16.8 Å². The number of carbonyl (C=O) groups is 2. The van der Waals surface area contributed by atoms with Crippen LogP contribution >= 0.6 is 0 Å². The van der Waals surface area contributed by atoms with Gasteiger partial charge in [0.05, 0.1) is 11.6 Å². The molecule has 1 atom stereocenters. The normalized spacial score (nSPS) is 17.2. The first-order valence-corrected chi connectivity index (χ1v) is 7.88. The van der Waals surface area contributed by atoms with Crippen molar-refractivity contribution in [3.8, 4) is 0 Å². The van der Waals surface area contributed by atoms with Crippen LogP contribution in [-0.2, 0) is 9.59 Å². The summed E-state index contributed by atoms with van der Waals surface area (Å²) in [5, 5.41) is 2.58. The second kappa shape index (κ2) is 6.43. The highest BCUT2D eigenvalue weighted by Crippen LogP contribution is 2.29. The van der Waals surface area contributed by atoms with E-state index in [2.05, 4.69) is 5.32 Å². The quantitative estimate of drug-likeness (QED) is 0.939. The Morgan fingerprint density at radius 3 is 2.67 bits per heavy atom. The average Bonchev–Trinajstić information content (AvgIpc) is 2.91. The summed E-state index contributed by atoms with van der Waals surface area (Å²) in [6, 6.07) is 11.9. The minimum Gasteiger partial charge on any atom is -0.323 e. The maximum absolute atomic E-state index is 13.7. The summed E-state index contributed by atoms with van der Waals surface area (Å²) in [5.74, 6) is -1.39. The number of hydrogen-bond donors (Lipinski definition) is 1. The third-order valence-corrected chi connectivity index (χ3v) is 4.27. The van der Waals surface area contributed by atoms with Crippen LogP contribution < -0.4 is 10.2 Å². The van der Waals surface area contributed by atoms with Crippen molar-refractivity contribution in [1.82, 2.24) is 0 Å². The van der Waals surface area contributed by atoms with Crippen LogP contribution in [0.5, 0.6) is 0 Å². The molecule has 1 heterocycles. The van der Waals surface area contributed by atoms with E-state index < -0.39 is 11.7 Å². The Bertz CT molecular complexity index is 804. The van der Waals surface area contributed by atoms with Crippen LogP contribution in [0.25, 0.3) is 0 Å². The predicted molar refractivity (Wildman–Crippen MR) is 91.4 cm³/mol. The van der Waals surface area contributed by atoms with Gasteiger partial charge in [0, 0.05) is 18.7 Å². The van der Waals surface area contributed by atoms with E-state index >= 15 is 0 Å². The van der Waals surface area contributed by atoms with Crippen LogP contribution in [0.2, 0.25) is 0 Å². The Kier molecular flexibility index (Phi) is 4.34. The van der Waals surface area contributed by atoms with Gasteiger partial charge in [-0.15, -0.1) is 0 Å². The summed E-state index contributed by atoms with van der Waals surface area (Å²) in [4.78, 5) is 26.3. The fraction of sp³-hybridized carbons (Fsp3) is 0.263. The Hall–Kier alpha value is -2.69. The molecule has 3 rings (SSSR count). The van der Waals surface area contributed by atoms with Gasteiger partial charge in [-0.25, -0.2) is 4.39 Å². The predicted octanol–water partition coefficient (Wildman–Crippen LogP) is 3.43. The van der Waals surface area contributed by atoms with Crippen LogP contribution in [0.15, 0.2) is 42.5 Å². The maximum atomic E-state index is 13.7. The van der Waals surface area contributed by atoms with Gasteiger partial charge in [0.15, 0.2) is 0 Å². The van der Waals surface area contributed by atoms with E-state index in [9.17, 15) is 14.0 Å². The second-order valence-electron chi connectivity index (χ2n) is 6.16. The van der Waals surface area contributed by atoms with Gasteiger partial charge in [0.1, 0.15) is 5.82 Å². The third kappa shape index (κ3) is 3.15. The van der Waals surface area contributed by atoms with Crippen molar-refractivity contribution in [2.24, 2.45) is 5.92 Å². The Labute approximate surface area is 140 Å². The van der Waals surface area contributed by atoms with E-state index in [4.69, 9.17) is 0 Å². The molecule has 0 radical (unpaired) electrons. The summed E-state index contributed by atoms with van der Waals surface area (Å²) in [7, 11) is 0. The van der Waals surface area contributed by atoms with Crippen molar-refractivity contribution in [2.75, 3.05) is 16.8 Å². The summed E-state index contributed by atoms with van der Waals surface area (Å²) in [5.41, 5.74) is 3.09. The fourth-order valence-corrected chi connectivity index (χ4v) is 3.02. The summed E-state index contributed by atoms with van der Waals surface area (Å²) in [6.45, 7) is 4.25. The number of anilines is 2. The number of hydrogen-bond acceptors (Lipinski definition) is 2. The van der Waals surface area contributed by atoms with Crippen LogP contribution in [0.4, 0.5) is 15.8 Å². The number of carbonyl (C=O) groups excluding carboxylic acids is 2. The number of nitrogens with one attached hydrogen (secondary N) is 1. The van der Waals surface area contributed by atoms with Gasteiger partial charge in [-0.05, 0) is 37.6 Å². The van der Waals surface area contributed by atoms with Gasteiger partial charge >= 0.3 is 0 Å². The topological polar surface area (TPSA) is 49.4 Å². The van der Waals surface area contributed by atoms with Crippen LogP contribution in [0.1, 0.15) is 17.5 Å². The number of amides is 2. The average molecular weight is 326 g/mol. The van der Waals surface area contributed by atoms with Gasteiger partial charge in [0.25, 0.3) is 0 Å². The van der Waals surface area contributed by atoms with Gasteiger partial charge in [-0.1, -0.05) is 29.8 Å². The molecule has 1 aliphatic rings. The molecule has 0 spiro atoms. The Morgan fingerprint density at radius 1 is 1.21 bits per heavy atom. The minimum absolute atomic E-state index is 0.0874. The highest BCUT2D eigenvalue weighted by molar-refractivity contribution is 6.03. The first-order chi connectivity index (χ1) is 11.5. The second-order valence-corrected chi connectivity index (χ2v) is 6.16. The summed E-state index contributed by atoms with van der Waals surface area (Å²) in [6.07, 6.45) is 0.133. The van der Waals surface area contributed by atoms with Crippen molar-refractivity contribution < 1.29 is 14.0 Å². The molecule has 1 unspecified atom stereocenters. The lowest BCUT2D eigenvalue weighted by Crippen LogP contribution is -2.28. The molecule has 0 bridgehead atoms. The van der Waals surface area contributed by atoms with E-state index in [1.807, 2.05) is 32.0 Å². The minimum atomic E-state index is -0.488.